The molecule has 0 radical (unpaired) electrons. The average Bonchev–Trinajstić information content (AvgIpc) is 2.98. The Bertz CT molecular complexity index is 1210. The number of halogens is 1. The Morgan fingerprint density at radius 3 is 2.48 bits per heavy atom. The lowest BCUT2D eigenvalue weighted by Gasteiger charge is -2.21. The number of ether oxygens (including phenoxy) is 1. The highest BCUT2D eigenvalue weighted by Gasteiger charge is 2.28. The second-order valence-electron chi connectivity index (χ2n) is 7.67. The molecule has 3 aromatic rings. The summed E-state index contributed by atoms with van der Waals surface area (Å²) in [5.41, 5.74) is 1.69. The number of sulfone groups is 1. The normalized spacial score (nSPS) is 12.3. The molecule has 0 spiro atoms. The van der Waals surface area contributed by atoms with Crippen molar-refractivity contribution in [3.63, 3.8) is 0 Å². The number of rotatable bonds is 3. The van der Waals surface area contributed by atoms with E-state index in [0.29, 0.717) is 21.2 Å². The van der Waals surface area contributed by atoms with E-state index in [1.807, 2.05) is 13.0 Å². The lowest BCUT2D eigenvalue weighted by Crippen LogP contribution is -2.27. The summed E-state index contributed by atoms with van der Waals surface area (Å²) in [7, 11) is -3.60. The first-order valence-electron chi connectivity index (χ1n) is 9.03. The summed E-state index contributed by atoms with van der Waals surface area (Å²) < 4.78 is 32.9. The first-order valence-corrected chi connectivity index (χ1v) is 11.5. The van der Waals surface area contributed by atoms with Crippen LogP contribution >= 0.6 is 15.9 Å². The van der Waals surface area contributed by atoms with Crippen molar-refractivity contribution in [2.75, 3.05) is 5.75 Å². The van der Waals surface area contributed by atoms with Gasteiger partial charge in [-0.25, -0.2) is 17.8 Å². The van der Waals surface area contributed by atoms with Crippen molar-refractivity contribution in [2.24, 2.45) is 0 Å². The number of aryl methyl sites for hydroxylation is 1. The molecule has 0 aliphatic rings. The number of nitrogens with zero attached hydrogens (tertiary/aromatic N) is 3. The second kappa shape index (κ2) is 7.53. The molecule has 3 aromatic heterocycles. The van der Waals surface area contributed by atoms with Crippen LogP contribution in [0.5, 0.6) is 0 Å². The molecule has 29 heavy (non-hydrogen) atoms. The van der Waals surface area contributed by atoms with Crippen molar-refractivity contribution in [3.8, 4) is 11.4 Å². The van der Waals surface area contributed by atoms with Crippen LogP contribution in [0.4, 0.5) is 4.79 Å². The fourth-order valence-corrected chi connectivity index (χ4v) is 4.41. The molecule has 7 nitrogen and oxygen atoms in total. The van der Waals surface area contributed by atoms with Gasteiger partial charge in [-0.05, 0) is 67.4 Å². The molecule has 0 saturated heterocycles. The van der Waals surface area contributed by atoms with Gasteiger partial charge in [-0.1, -0.05) is 6.92 Å². The number of pyridine rings is 2. The molecule has 3 heterocycles. The molecule has 0 N–H and O–H groups in total. The van der Waals surface area contributed by atoms with Crippen LogP contribution in [-0.4, -0.2) is 40.4 Å². The van der Waals surface area contributed by atoms with Gasteiger partial charge < -0.3 is 4.74 Å². The zero-order valence-electron chi connectivity index (χ0n) is 16.9. The zero-order valence-corrected chi connectivity index (χ0v) is 19.3. The molecular formula is C20H22BrN3O4S. The molecular weight excluding hydrogens is 458 g/mol. The predicted molar refractivity (Wildman–Crippen MR) is 115 cm³/mol. The Hall–Kier alpha value is -2.26. The zero-order chi connectivity index (χ0) is 21.6. The van der Waals surface area contributed by atoms with Crippen molar-refractivity contribution < 1.29 is 17.9 Å². The van der Waals surface area contributed by atoms with Gasteiger partial charge in [-0.2, -0.15) is 0 Å². The van der Waals surface area contributed by atoms with E-state index in [0.717, 1.165) is 5.56 Å². The fourth-order valence-electron chi connectivity index (χ4n) is 2.86. The van der Waals surface area contributed by atoms with Crippen LogP contribution < -0.4 is 0 Å². The third-order valence-electron chi connectivity index (χ3n) is 4.14. The maximum absolute atomic E-state index is 13.1. The van der Waals surface area contributed by atoms with E-state index in [4.69, 9.17) is 4.74 Å². The molecule has 0 amide bonds. The van der Waals surface area contributed by atoms with Crippen LogP contribution in [0.15, 0.2) is 40.0 Å². The minimum Gasteiger partial charge on any atom is -0.443 e. The van der Waals surface area contributed by atoms with Crippen molar-refractivity contribution in [2.45, 2.75) is 45.1 Å². The van der Waals surface area contributed by atoms with E-state index in [1.165, 1.54) is 16.8 Å². The Morgan fingerprint density at radius 1 is 1.17 bits per heavy atom. The highest BCUT2D eigenvalue weighted by Crippen LogP contribution is 2.33. The van der Waals surface area contributed by atoms with Crippen LogP contribution in [0.2, 0.25) is 0 Å². The van der Waals surface area contributed by atoms with Gasteiger partial charge in [0.15, 0.2) is 9.84 Å². The van der Waals surface area contributed by atoms with Gasteiger partial charge in [-0.3, -0.25) is 9.97 Å². The molecule has 9 heteroatoms. The second-order valence-corrected chi connectivity index (χ2v) is 10.8. The van der Waals surface area contributed by atoms with Gasteiger partial charge >= 0.3 is 6.09 Å². The number of hydrogen-bond acceptors (Lipinski definition) is 6. The number of aromatic nitrogens is 3. The first kappa shape index (κ1) is 21.4. The third-order valence-corrected chi connectivity index (χ3v) is 6.32. The topological polar surface area (TPSA) is 91.1 Å². The molecule has 154 valence electrons. The predicted octanol–water partition coefficient (Wildman–Crippen LogP) is 4.75. The summed E-state index contributed by atoms with van der Waals surface area (Å²) in [5.74, 6) is -0.0951. The maximum atomic E-state index is 13.1. The Kier molecular flexibility index (Phi) is 5.57. The standard InChI is InChI=1S/C20H22BrN3O4S/c1-6-29(26,27)17-8-13(21)11-23-18(17)16-9-14-15(7-12(2)10-22-14)24(16)19(25)28-20(3,4)5/h7-11H,6H2,1-5H3. The summed E-state index contributed by atoms with van der Waals surface area (Å²) in [6, 6.07) is 4.96. The highest BCUT2D eigenvalue weighted by molar-refractivity contribution is 9.10. The quantitative estimate of drug-likeness (QED) is 0.538. The summed E-state index contributed by atoms with van der Waals surface area (Å²) in [4.78, 5) is 21.8. The van der Waals surface area contributed by atoms with Crippen LogP contribution in [0, 0.1) is 6.92 Å². The van der Waals surface area contributed by atoms with Gasteiger partial charge in [0.2, 0.25) is 0 Å². The Morgan fingerprint density at radius 2 is 1.86 bits per heavy atom. The third kappa shape index (κ3) is 4.35. The van der Waals surface area contributed by atoms with E-state index < -0.39 is 21.5 Å². The molecule has 0 saturated carbocycles. The van der Waals surface area contributed by atoms with Crippen molar-refractivity contribution >= 4 is 42.9 Å². The smallest absolute Gasteiger partial charge is 0.419 e. The number of hydrogen-bond donors (Lipinski definition) is 0. The van der Waals surface area contributed by atoms with E-state index >= 15 is 0 Å². The van der Waals surface area contributed by atoms with Crippen LogP contribution in [0.3, 0.4) is 0 Å². The highest BCUT2D eigenvalue weighted by atomic mass is 79.9. The molecule has 3 rings (SSSR count). The number of carbonyl (C=O) groups excluding carboxylic acids is 1. The number of fused-ring (bicyclic) bond motifs is 1. The van der Waals surface area contributed by atoms with Gasteiger partial charge in [0.1, 0.15) is 11.3 Å². The lowest BCUT2D eigenvalue weighted by atomic mass is 10.2. The van der Waals surface area contributed by atoms with Crippen LogP contribution in [0.1, 0.15) is 33.3 Å². The minimum atomic E-state index is -3.60. The maximum Gasteiger partial charge on any atom is 0.419 e. The Labute approximate surface area is 178 Å². The largest absolute Gasteiger partial charge is 0.443 e. The van der Waals surface area contributed by atoms with E-state index in [2.05, 4.69) is 25.9 Å². The lowest BCUT2D eigenvalue weighted by molar-refractivity contribution is 0.0547. The SMILES string of the molecule is CCS(=O)(=O)c1cc(Br)cnc1-c1cc2ncc(C)cc2n1C(=O)OC(C)(C)C. The van der Waals surface area contributed by atoms with Gasteiger partial charge in [-0.15, -0.1) is 0 Å². The summed E-state index contributed by atoms with van der Waals surface area (Å²) in [6.45, 7) is 8.73. The molecule has 0 unspecified atom stereocenters. The fraction of sp³-hybridized carbons (Fsp3) is 0.350. The summed E-state index contributed by atoms with van der Waals surface area (Å²) >= 11 is 3.28. The monoisotopic (exact) mass is 479 g/mol. The number of carbonyl (C=O) groups is 1. The molecule has 0 fully saturated rings. The van der Waals surface area contributed by atoms with Crippen LogP contribution in [-0.2, 0) is 14.6 Å². The molecule has 0 aliphatic heterocycles. The van der Waals surface area contributed by atoms with Crippen LogP contribution in [0.25, 0.3) is 22.4 Å². The van der Waals surface area contributed by atoms with Crippen molar-refractivity contribution in [3.05, 3.63) is 40.6 Å². The Balaban J connectivity index is 2.37. The molecule has 0 aliphatic carbocycles. The minimum absolute atomic E-state index is 0.0405. The van der Waals surface area contributed by atoms with E-state index in [-0.39, 0.29) is 16.3 Å². The molecule has 0 bridgehead atoms. The summed E-state index contributed by atoms with van der Waals surface area (Å²) in [6.07, 6.45) is 2.56. The van der Waals surface area contributed by atoms with Crippen molar-refractivity contribution in [1.82, 2.24) is 14.5 Å². The van der Waals surface area contributed by atoms with E-state index in [9.17, 15) is 13.2 Å². The summed E-state index contributed by atoms with van der Waals surface area (Å²) in [5, 5.41) is 0. The van der Waals surface area contributed by atoms with Gasteiger partial charge in [0, 0.05) is 16.9 Å². The average molecular weight is 480 g/mol. The van der Waals surface area contributed by atoms with E-state index in [1.54, 1.807) is 40.0 Å². The molecule has 0 atom stereocenters. The van der Waals surface area contributed by atoms with Gasteiger partial charge in [0.25, 0.3) is 0 Å². The molecule has 0 aromatic carbocycles. The van der Waals surface area contributed by atoms with Crippen molar-refractivity contribution in [1.29, 1.82) is 0 Å². The first-order chi connectivity index (χ1) is 13.4. The van der Waals surface area contributed by atoms with Gasteiger partial charge in [0.05, 0.1) is 27.4 Å².